The molecule has 2 aromatic carbocycles. The predicted octanol–water partition coefficient (Wildman–Crippen LogP) is 4.50. The number of piperidine rings is 1. The van der Waals surface area contributed by atoms with Crippen LogP contribution in [0.2, 0.25) is 5.02 Å². The monoisotopic (exact) mass is 415 g/mol. The highest BCUT2D eigenvalue weighted by Crippen LogP contribution is 2.37. The molecule has 0 radical (unpaired) electrons. The minimum atomic E-state index is -1.92. The third-order valence-corrected chi connectivity index (χ3v) is 5.20. The average molecular weight is 416 g/mol. The number of likely N-dealkylation sites (tertiary alicyclic amines) is 1. The lowest BCUT2D eigenvalue weighted by molar-refractivity contribution is 0.0151. The second kappa shape index (κ2) is 7.83. The number of alkyl halides is 1. The zero-order valence-corrected chi connectivity index (χ0v) is 16.5. The Labute approximate surface area is 172 Å². The van der Waals surface area contributed by atoms with Crippen molar-refractivity contribution in [3.8, 4) is 17.1 Å². The average Bonchev–Trinajstić information content (AvgIpc) is 3.25. The molecular formula is C21H19ClFN3O3. The number of methoxy groups -OCH3 is 1. The summed E-state index contributed by atoms with van der Waals surface area (Å²) in [5, 5.41) is 4.31. The van der Waals surface area contributed by atoms with Crippen molar-refractivity contribution in [2.45, 2.75) is 18.5 Å². The number of aromatic nitrogens is 2. The van der Waals surface area contributed by atoms with Gasteiger partial charge in [0.25, 0.3) is 11.8 Å². The van der Waals surface area contributed by atoms with Gasteiger partial charge in [-0.25, -0.2) is 4.39 Å². The number of carbonyl (C=O) groups is 1. The van der Waals surface area contributed by atoms with Crippen LogP contribution in [0.15, 0.2) is 53.1 Å². The Bertz CT molecular complexity index is 1030. The quantitative estimate of drug-likeness (QED) is 0.627. The maximum atomic E-state index is 15.8. The van der Waals surface area contributed by atoms with Crippen LogP contribution in [0.4, 0.5) is 4.39 Å². The molecule has 2 heterocycles. The molecule has 3 aromatic rings. The minimum Gasteiger partial charge on any atom is -0.496 e. The molecule has 1 aliphatic rings. The molecule has 1 aliphatic heterocycles. The third-order valence-electron chi connectivity index (χ3n) is 4.96. The van der Waals surface area contributed by atoms with E-state index in [1.807, 2.05) is 30.3 Å². The van der Waals surface area contributed by atoms with Crippen LogP contribution in [0.25, 0.3) is 11.4 Å². The number of hydrogen-bond donors (Lipinski definition) is 0. The van der Waals surface area contributed by atoms with Crippen LogP contribution in [0.5, 0.6) is 5.75 Å². The summed E-state index contributed by atoms with van der Waals surface area (Å²) in [5.41, 5.74) is -0.891. The first-order valence-corrected chi connectivity index (χ1v) is 9.59. The molecule has 1 fully saturated rings. The standard InChI is InChI=1S/C21H19ClFN3O3/c1-28-17-9-8-15(22)12-16(17)19(27)26-11-5-10-21(23,13-26)20-24-18(25-29-20)14-6-3-2-4-7-14/h2-4,6-9,12H,5,10-11,13H2,1H3. The van der Waals surface area contributed by atoms with Gasteiger partial charge in [-0.15, -0.1) is 0 Å². The molecule has 1 aromatic heterocycles. The Morgan fingerprint density at radius 3 is 2.83 bits per heavy atom. The van der Waals surface area contributed by atoms with Crippen LogP contribution < -0.4 is 4.74 Å². The Kier molecular flexibility index (Phi) is 5.24. The molecule has 29 heavy (non-hydrogen) atoms. The summed E-state index contributed by atoms with van der Waals surface area (Å²) < 4.78 is 26.3. The lowest BCUT2D eigenvalue weighted by Gasteiger charge is -2.35. The maximum absolute atomic E-state index is 15.8. The Hall–Kier alpha value is -2.93. The first kappa shape index (κ1) is 19.4. The molecule has 1 saturated heterocycles. The molecule has 1 atom stereocenters. The SMILES string of the molecule is COc1ccc(Cl)cc1C(=O)N1CCCC(F)(c2nc(-c3ccccc3)no2)C1. The lowest BCUT2D eigenvalue weighted by atomic mass is 9.94. The molecule has 4 rings (SSSR count). The number of nitrogens with zero attached hydrogens (tertiary/aromatic N) is 3. The fourth-order valence-corrected chi connectivity index (χ4v) is 3.66. The van der Waals surface area contributed by atoms with Gasteiger partial charge in [-0.2, -0.15) is 4.98 Å². The maximum Gasteiger partial charge on any atom is 0.266 e. The number of ether oxygens (including phenoxy) is 1. The molecule has 0 N–H and O–H groups in total. The minimum absolute atomic E-state index is 0.119. The van der Waals surface area contributed by atoms with Gasteiger partial charge in [0.2, 0.25) is 11.5 Å². The van der Waals surface area contributed by atoms with Crippen molar-refractivity contribution in [1.82, 2.24) is 15.0 Å². The van der Waals surface area contributed by atoms with Crippen molar-refractivity contribution in [2.24, 2.45) is 0 Å². The van der Waals surface area contributed by atoms with Crippen molar-refractivity contribution in [3.63, 3.8) is 0 Å². The molecule has 8 heteroatoms. The van der Waals surface area contributed by atoms with E-state index in [-0.39, 0.29) is 24.8 Å². The van der Waals surface area contributed by atoms with Crippen LogP contribution in [0, 0.1) is 0 Å². The lowest BCUT2D eigenvalue weighted by Crippen LogP contribution is -2.46. The summed E-state index contributed by atoms with van der Waals surface area (Å²) in [7, 11) is 1.47. The van der Waals surface area contributed by atoms with Crippen molar-refractivity contribution in [2.75, 3.05) is 20.2 Å². The molecule has 1 unspecified atom stereocenters. The normalized spacial score (nSPS) is 19.2. The van der Waals surface area contributed by atoms with E-state index in [1.165, 1.54) is 18.1 Å². The highest BCUT2D eigenvalue weighted by Gasteiger charge is 2.44. The number of rotatable bonds is 4. The molecule has 0 bridgehead atoms. The summed E-state index contributed by atoms with van der Waals surface area (Å²) in [4.78, 5) is 18.7. The first-order valence-electron chi connectivity index (χ1n) is 9.21. The van der Waals surface area contributed by atoms with Crippen molar-refractivity contribution in [3.05, 3.63) is 65.0 Å². The molecule has 0 spiro atoms. The van der Waals surface area contributed by atoms with E-state index in [0.29, 0.717) is 35.1 Å². The zero-order chi connectivity index (χ0) is 20.4. The molecular weight excluding hydrogens is 397 g/mol. The third kappa shape index (κ3) is 3.82. The second-order valence-corrected chi connectivity index (χ2v) is 7.37. The molecule has 0 aliphatic carbocycles. The Morgan fingerprint density at radius 2 is 2.07 bits per heavy atom. The molecule has 6 nitrogen and oxygen atoms in total. The number of amides is 1. The summed E-state index contributed by atoms with van der Waals surface area (Å²) in [6, 6.07) is 14.0. The Balaban J connectivity index is 1.59. The van der Waals surface area contributed by atoms with Crippen molar-refractivity contribution < 1.29 is 18.4 Å². The zero-order valence-electron chi connectivity index (χ0n) is 15.8. The van der Waals surface area contributed by atoms with Gasteiger partial charge in [-0.1, -0.05) is 47.1 Å². The van der Waals surface area contributed by atoms with Crippen LogP contribution in [0.1, 0.15) is 29.1 Å². The smallest absolute Gasteiger partial charge is 0.266 e. The van der Waals surface area contributed by atoms with Gasteiger partial charge in [-0.3, -0.25) is 4.79 Å². The summed E-state index contributed by atoms with van der Waals surface area (Å²) in [6.07, 6.45) is 0.661. The molecule has 150 valence electrons. The Morgan fingerprint density at radius 1 is 1.28 bits per heavy atom. The molecule has 0 saturated carbocycles. The van der Waals surface area contributed by atoms with E-state index in [0.717, 1.165) is 5.56 Å². The molecule has 1 amide bonds. The summed E-state index contributed by atoms with van der Waals surface area (Å²) in [6.45, 7) is 0.234. The predicted molar refractivity (Wildman–Crippen MR) is 106 cm³/mol. The van der Waals surface area contributed by atoms with Gasteiger partial charge >= 0.3 is 0 Å². The topological polar surface area (TPSA) is 68.5 Å². The van der Waals surface area contributed by atoms with E-state index < -0.39 is 5.67 Å². The van der Waals surface area contributed by atoms with Crippen molar-refractivity contribution >= 4 is 17.5 Å². The van der Waals surface area contributed by atoms with Gasteiger partial charge in [0.05, 0.1) is 19.2 Å². The van der Waals surface area contributed by atoms with Crippen LogP contribution in [-0.2, 0) is 5.67 Å². The van der Waals surface area contributed by atoms with Gasteiger partial charge < -0.3 is 14.2 Å². The number of halogens is 2. The van der Waals surface area contributed by atoms with Gasteiger partial charge in [0.15, 0.2) is 0 Å². The van der Waals surface area contributed by atoms with Crippen LogP contribution in [0.3, 0.4) is 0 Å². The van der Waals surface area contributed by atoms with E-state index in [4.69, 9.17) is 20.9 Å². The highest BCUT2D eigenvalue weighted by molar-refractivity contribution is 6.31. The fraction of sp³-hybridized carbons (Fsp3) is 0.286. The number of benzene rings is 2. The summed E-state index contributed by atoms with van der Waals surface area (Å²) in [5.74, 6) is 0.233. The number of hydrogen-bond acceptors (Lipinski definition) is 5. The van der Waals surface area contributed by atoms with E-state index >= 15 is 4.39 Å². The van der Waals surface area contributed by atoms with E-state index in [9.17, 15) is 4.79 Å². The fourth-order valence-electron chi connectivity index (χ4n) is 3.49. The van der Waals surface area contributed by atoms with Crippen molar-refractivity contribution in [1.29, 1.82) is 0 Å². The largest absolute Gasteiger partial charge is 0.496 e. The van der Waals surface area contributed by atoms with Gasteiger partial charge in [0.1, 0.15) is 5.75 Å². The van der Waals surface area contributed by atoms with Crippen LogP contribution in [-0.4, -0.2) is 41.1 Å². The highest BCUT2D eigenvalue weighted by atomic mass is 35.5. The summed E-state index contributed by atoms with van der Waals surface area (Å²) >= 11 is 6.04. The van der Waals surface area contributed by atoms with Gasteiger partial charge in [-0.05, 0) is 31.0 Å². The van der Waals surface area contributed by atoms with E-state index in [1.54, 1.807) is 12.1 Å². The van der Waals surface area contributed by atoms with Crippen LogP contribution >= 0.6 is 11.6 Å². The first-order chi connectivity index (χ1) is 14.0. The van der Waals surface area contributed by atoms with Gasteiger partial charge in [0, 0.05) is 17.1 Å². The second-order valence-electron chi connectivity index (χ2n) is 6.93. The number of carbonyl (C=O) groups excluding carboxylic acids is 1. The van der Waals surface area contributed by atoms with E-state index in [2.05, 4.69) is 10.1 Å².